The third-order valence-electron chi connectivity index (χ3n) is 3.22. The Labute approximate surface area is 133 Å². The summed E-state index contributed by atoms with van der Waals surface area (Å²) >= 11 is 1.54. The Kier molecular flexibility index (Phi) is 4.25. The van der Waals surface area contributed by atoms with Crippen LogP contribution in [0.5, 0.6) is 0 Å². The van der Waals surface area contributed by atoms with Gasteiger partial charge < -0.3 is 0 Å². The fraction of sp³-hybridized carbons (Fsp3) is 0.118. The summed E-state index contributed by atoms with van der Waals surface area (Å²) in [5, 5.41) is 6.98. The summed E-state index contributed by atoms with van der Waals surface area (Å²) in [5.41, 5.74) is 8.35. The van der Waals surface area contributed by atoms with Gasteiger partial charge in [-0.3, -0.25) is 10.4 Å². The topological polar surface area (TPSA) is 50.2 Å². The van der Waals surface area contributed by atoms with Gasteiger partial charge in [0, 0.05) is 17.1 Å². The van der Waals surface area contributed by atoms with Crippen LogP contribution >= 0.6 is 11.3 Å². The molecule has 0 aliphatic rings. The van der Waals surface area contributed by atoms with E-state index < -0.39 is 0 Å². The van der Waals surface area contributed by atoms with Gasteiger partial charge in [0.1, 0.15) is 0 Å². The summed E-state index contributed by atoms with van der Waals surface area (Å²) in [4.78, 5) is 8.76. The van der Waals surface area contributed by atoms with Crippen LogP contribution in [-0.4, -0.2) is 16.2 Å². The second kappa shape index (κ2) is 6.49. The zero-order valence-electron chi connectivity index (χ0n) is 12.4. The van der Waals surface area contributed by atoms with Crippen LogP contribution < -0.4 is 5.43 Å². The van der Waals surface area contributed by atoms with Gasteiger partial charge in [0.05, 0.1) is 17.6 Å². The van der Waals surface area contributed by atoms with Gasteiger partial charge in [0.25, 0.3) is 0 Å². The van der Waals surface area contributed by atoms with E-state index in [0.717, 1.165) is 22.1 Å². The number of pyridine rings is 1. The average Bonchev–Trinajstić information content (AvgIpc) is 2.99. The van der Waals surface area contributed by atoms with Gasteiger partial charge in [-0.15, -0.1) is 11.3 Å². The number of anilines is 1. The fourth-order valence-corrected chi connectivity index (χ4v) is 2.73. The van der Waals surface area contributed by atoms with Crippen molar-refractivity contribution in [1.82, 2.24) is 9.97 Å². The van der Waals surface area contributed by atoms with E-state index in [1.165, 1.54) is 22.5 Å². The smallest absolute Gasteiger partial charge is 0.203 e. The lowest BCUT2D eigenvalue weighted by molar-refractivity contribution is 1.26. The summed E-state index contributed by atoms with van der Waals surface area (Å²) in [5.74, 6) is 0. The number of hydrogen-bond acceptors (Lipinski definition) is 5. The van der Waals surface area contributed by atoms with Crippen LogP contribution in [0.15, 0.2) is 53.1 Å². The lowest BCUT2D eigenvalue weighted by Gasteiger charge is -2.03. The molecule has 0 atom stereocenters. The molecule has 0 unspecified atom stereocenters. The predicted octanol–water partition coefficient (Wildman–Crippen LogP) is 4.27. The first-order valence-electron chi connectivity index (χ1n) is 6.95. The second-order valence-electron chi connectivity index (χ2n) is 4.98. The summed E-state index contributed by atoms with van der Waals surface area (Å²) in [6.45, 7) is 4.19. The molecule has 110 valence electrons. The van der Waals surface area contributed by atoms with Crippen molar-refractivity contribution in [2.24, 2.45) is 5.10 Å². The van der Waals surface area contributed by atoms with Crippen LogP contribution in [0.1, 0.15) is 16.8 Å². The molecule has 4 nitrogen and oxygen atoms in total. The Bertz CT molecular complexity index is 793. The number of nitrogens with zero attached hydrogens (tertiary/aromatic N) is 3. The minimum atomic E-state index is 0.767. The van der Waals surface area contributed by atoms with E-state index >= 15 is 0 Å². The average molecular weight is 308 g/mol. The van der Waals surface area contributed by atoms with Crippen molar-refractivity contribution >= 4 is 22.7 Å². The molecule has 1 N–H and O–H groups in total. The molecular weight excluding hydrogens is 292 g/mol. The monoisotopic (exact) mass is 308 g/mol. The van der Waals surface area contributed by atoms with Crippen LogP contribution in [0, 0.1) is 13.8 Å². The number of thiazole rings is 1. The molecule has 0 bridgehead atoms. The fourth-order valence-electron chi connectivity index (χ4n) is 2.07. The second-order valence-corrected chi connectivity index (χ2v) is 5.84. The molecule has 1 aromatic carbocycles. The lowest BCUT2D eigenvalue weighted by Crippen LogP contribution is -1.92. The molecule has 3 rings (SSSR count). The van der Waals surface area contributed by atoms with E-state index in [1.807, 2.05) is 23.6 Å². The third kappa shape index (κ3) is 3.38. The molecule has 0 spiro atoms. The number of aryl methyl sites for hydroxylation is 2. The zero-order chi connectivity index (χ0) is 15.4. The van der Waals surface area contributed by atoms with Crippen LogP contribution in [0.4, 0.5) is 5.13 Å². The van der Waals surface area contributed by atoms with Gasteiger partial charge in [0.2, 0.25) is 5.13 Å². The first-order valence-corrected chi connectivity index (χ1v) is 7.83. The molecule has 0 aliphatic heterocycles. The van der Waals surface area contributed by atoms with Gasteiger partial charge >= 0.3 is 0 Å². The molecular formula is C17H16N4S. The van der Waals surface area contributed by atoms with E-state index in [0.29, 0.717) is 0 Å². The Morgan fingerprint density at radius 2 is 2.09 bits per heavy atom. The highest BCUT2D eigenvalue weighted by Gasteiger charge is 2.07. The maximum atomic E-state index is 4.59. The number of hydrazone groups is 1. The zero-order valence-corrected chi connectivity index (χ0v) is 13.3. The highest BCUT2D eigenvalue weighted by Crippen LogP contribution is 2.28. The third-order valence-corrected chi connectivity index (χ3v) is 3.96. The van der Waals surface area contributed by atoms with E-state index in [1.54, 1.807) is 12.4 Å². The van der Waals surface area contributed by atoms with E-state index in [-0.39, 0.29) is 0 Å². The van der Waals surface area contributed by atoms with Crippen LogP contribution in [0.25, 0.3) is 11.3 Å². The van der Waals surface area contributed by atoms with Crippen molar-refractivity contribution < 1.29 is 0 Å². The molecule has 0 aliphatic carbocycles. The van der Waals surface area contributed by atoms with Gasteiger partial charge in [0.15, 0.2) is 0 Å². The van der Waals surface area contributed by atoms with E-state index in [9.17, 15) is 0 Å². The van der Waals surface area contributed by atoms with Gasteiger partial charge in [-0.05, 0) is 37.6 Å². The molecule has 5 heteroatoms. The van der Waals surface area contributed by atoms with E-state index in [4.69, 9.17) is 0 Å². The normalized spacial score (nSPS) is 11.0. The Hall–Kier alpha value is -2.53. The SMILES string of the molecule is Cc1ccc(C)c(-c2csc(NN=Cc3ccccn3)n2)c1. The minimum absolute atomic E-state index is 0.767. The maximum Gasteiger partial charge on any atom is 0.203 e. The highest BCUT2D eigenvalue weighted by atomic mass is 32.1. The van der Waals surface area contributed by atoms with Gasteiger partial charge in [-0.1, -0.05) is 23.8 Å². The number of aromatic nitrogens is 2. The van der Waals surface area contributed by atoms with Crippen molar-refractivity contribution in [3.05, 3.63) is 64.8 Å². The molecule has 0 radical (unpaired) electrons. The largest absolute Gasteiger partial charge is 0.255 e. The number of hydrogen-bond donors (Lipinski definition) is 1. The first-order chi connectivity index (χ1) is 10.7. The summed E-state index contributed by atoms with van der Waals surface area (Å²) < 4.78 is 0. The quantitative estimate of drug-likeness (QED) is 0.578. The highest BCUT2D eigenvalue weighted by molar-refractivity contribution is 7.14. The minimum Gasteiger partial charge on any atom is -0.255 e. The standard InChI is InChI=1S/C17H16N4S/c1-12-6-7-13(2)15(9-12)16-11-22-17(20-16)21-19-10-14-5-3-4-8-18-14/h3-11H,1-2H3,(H,20,21). The van der Waals surface area contributed by atoms with Crippen molar-refractivity contribution in [3.63, 3.8) is 0 Å². The Morgan fingerprint density at radius 3 is 2.91 bits per heavy atom. The summed E-state index contributed by atoms with van der Waals surface area (Å²) in [7, 11) is 0. The van der Waals surface area contributed by atoms with Gasteiger partial charge in [-0.2, -0.15) is 5.10 Å². The molecule has 2 heterocycles. The molecule has 2 aromatic heterocycles. The molecule has 0 saturated heterocycles. The molecule has 3 aromatic rings. The summed E-state index contributed by atoms with van der Waals surface area (Å²) in [6, 6.07) is 12.1. The van der Waals surface area contributed by atoms with Crippen molar-refractivity contribution in [2.75, 3.05) is 5.43 Å². The van der Waals surface area contributed by atoms with Crippen LogP contribution in [0.2, 0.25) is 0 Å². The lowest BCUT2D eigenvalue weighted by atomic mass is 10.0. The Morgan fingerprint density at radius 1 is 1.18 bits per heavy atom. The van der Waals surface area contributed by atoms with Gasteiger partial charge in [-0.25, -0.2) is 4.98 Å². The predicted molar refractivity (Wildman–Crippen MR) is 92.5 cm³/mol. The van der Waals surface area contributed by atoms with Crippen LogP contribution in [-0.2, 0) is 0 Å². The number of benzene rings is 1. The Balaban J connectivity index is 1.74. The number of nitrogens with one attached hydrogen (secondary N) is 1. The van der Waals surface area contributed by atoms with Crippen molar-refractivity contribution in [3.8, 4) is 11.3 Å². The van der Waals surface area contributed by atoms with Crippen molar-refractivity contribution in [2.45, 2.75) is 13.8 Å². The summed E-state index contributed by atoms with van der Waals surface area (Å²) in [6.07, 6.45) is 3.42. The van der Waals surface area contributed by atoms with Crippen molar-refractivity contribution in [1.29, 1.82) is 0 Å². The van der Waals surface area contributed by atoms with Crippen LogP contribution in [0.3, 0.4) is 0 Å². The van der Waals surface area contributed by atoms with E-state index in [2.05, 4.69) is 52.5 Å². The first kappa shape index (κ1) is 14.4. The maximum absolute atomic E-state index is 4.59. The molecule has 0 saturated carbocycles. The molecule has 0 amide bonds. The molecule has 22 heavy (non-hydrogen) atoms. The molecule has 0 fully saturated rings. The number of rotatable bonds is 4.